The fraction of sp³-hybridized carbons (Fsp3) is 0.462. The Morgan fingerprint density at radius 1 is 1.53 bits per heavy atom. The number of halogens is 1. The monoisotopic (exact) mass is 236 g/mol. The predicted molar refractivity (Wildman–Crippen MR) is 64.0 cm³/mol. The lowest BCUT2D eigenvalue weighted by Gasteiger charge is -2.18. The molecule has 0 unspecified atom stereocenters. The molecule has 1 aromatic rings. The second-order valence-corrected chi connectivity index (χ2v) is 4.40. The van der Waals surface area contributed by atoms with E-state index in [2.05, 4.69) is 10.6 Å². The molecule has 0 radical (unpaired) electrons. The standard InChI is InChI=1S/C13H17FN2O/c1-9(10-5-2-3-6-11(10)14)16-13(17)12-7-4-8-15-12/h2-3,5-6,9,12,15H,4,7-8H2,1H3,(H,16,17)/t9-,12+/m1/s1. The largest absolute Gasteiger partial charge is 0.348 e. The van der Waals surface area contributed by atoms with Gasteiger partial charge < -0.3 is 10.6 Å². The van der Waals surface area contributed by atoms with Crippen molar-refractivity contribution in [3.63, 3.8) is 0 Å². The van der Waals surface area contributed by atoms with Gasteiger partial charge in [-0.05, 0) is 32.4 Å². The molecule has 2 N–H and O–H groups in total. The van der Waals surface area contributed by atoms with E-state index in [1.807, 2.05) is 0 Å². The molecule has 1 heterocycles. The number of nitrogens with one attached hydrogen (secondary N) is 2. The summed E-state index contributed by atoms with van der Waals surface area (Å²) in [6.45, 7) is 2.68. The van der Waals surface area contributed by atoms with Gasteiger partial charge in [0.2, 0.25) is 5.91 Å². The van der Waals surface area contributed by atoms with Crippen LogP contribution >= 0.6 is 0 Å². The van der Waals surface area contributed by atoms with Gasteiger partial charge in [0.25, 0.3) is 0 Å². The summed E-state index contributed by atoms with van der Waals surface area (Å²) < 4.78 is 13.5. The smallest absolute Gasteiger partial charge is 0.237 e. The van der Waals surface area contributed by atoms with Crippen LogP contribution in [-0.4, -0.2) is 18.5 Å². The van der Waals surface area contributed by atoms with Crippen LogP contribution < -0.4 is 10.6 Å². The molecule has 2 rings (SSSR count). The number of hydrogen-bond donors (Lipinski definition) is 2. The number of benzene rings is 1. The number of hydrogen-bond acceptors (Lipinski definition) is 2. The van der Waals surface area contributed by atoms with E-state index < -0.39 is 0 Å². The lowest BCUT2D eigenvalue weighted by molar-refractivity contribution is -0.123. The van der Waals surface area contributed by atoms with Gasteiger partial charge in [-0.2, -0.15) is 0 Å². The van der Waals surface area contributed by atoms with Crippen LogP contribution in [0.1, 0.15) is 31.4 Å². The van der Waals surface area contributed by atoms with Gasteiger partial charge in [0, 0.05) is 5.56 Å². The second-order valence-electron chi connectivity index (χ2n) is 4.40. The molecule has 1 aromatic carbocycles. The van der Waals surface area contributed by atoms with Gasteiger partial charge in [-0.1, -0.05) is 18.2 Å². The zero-order valence-corrected chi connectivity index (χ0v) is 9.87. The Kier molecular flexibility index (Phi) is 3.74. The third-order valence-electron chi connectivity index (χ3n) is 3.11. The van der Waals surface area contributed by atoms with Crippen molar-refractivity contribution in [1.82, 2.24) is 10.6 Å². The highest BCUT2D eigenvalue weighted by Crippen LogP contribution is 2.16. The van der Waals surface area contributed by atoms with Gasteiger partial charge in [-0.25, -0.2) is 4.39 Å². The van der Waals surface area contributed by atoms with Gasteiger partial charge in [0.15, 0.2) is 0 Å². The van der Waals surface area contributed by atoms with E-state index in [1.54, 1.807) is 25.1 Å². The van der Waals surface area contributed by atoms with E-state index in [1.165, 1.54) is 6.07 Å². The average molecular weight is 236 g/mol. The minimum atomic E-state index is -0.300. The van der Waals surface area contributed by atoms with Crippen molar-refractivity contribution in [3.05, 3.63) is 35.6 Å². The average Bonchev–Trinajstić information content (AvgIpc) is 2.82. The maximum Gasteiger partial charge on any atom is 0.237 e. The zero-order chi connectivity index (χ0) is 12.3. The fourth-order valence-electron chi connectivity index (χ4n) is 2.13. The van der Waals surface area contributed by atoms with Crippen LogP contribution in [0.3, 0.4) is 0 Å². The van der Waals surface area contributed by atoms with Crippen molar-refractivity contribution in [1.29, 1.82) is 0 Å². The minimum absolute atomic E-state index is 0.0433. The van der Waals surface area contributed by atoms with Crippen LogP contribution in [0.15, 0.2) is 24.3 Å². The molecule has 0 bridgehead atoms. The molecule has 17 heavy (non-hydrogen) atoms. The first-order valence-corrected chi connectivity index (χ1v) is 5.96. The summed E-state index contributed by atoms with van der Waals surface area (Å²) in [6, 6.07) is 6.10. The third kappa shape index (κ3) is 2.82. The van der Waals surface area contributed by atoms with Gasteiger partial charge in [0.1, 0.15) is 5.82 Å². The first kappa shape index (κ1) is 12.0. The summed E-state index contributed by atoms with van der Waals surface area (Å²) in [4.78, 5) is 11.8. The van der Waals surface area contributed by atoms with Gasteiger partial charge in [-0.3, -0.25) is 4.79 Å². The fourth-order valence-corrected chi connectivity index (χ4v) is 2.13. The van der Waals surface area contributed by atoms with Crippen LogP contribution in [0.5, 0.6) is 0 Å². The number of rotatable bonds is 3. The molecule has 0 aliphatic carbocycles. The lowest BCUT2D eigenvalue weighted by Crippen LogP contribution is -2.41. The molecule has 2 atom stereocenters. The summed E-state index contributed by atoms with van der Waals surface area (Å²) in [6.07, 6.45) is 1.88. The van der Waals surface area contributed by atoms with Gasteiger partial charge in [0.05, 0.1) is 12.1 Å². The summed E-state index contributed by atoms with van der Waals surface area (Å²) in [5, 5.41) is 5.96. The molecule has 4 heteroatoms. The van der Waals surface area contributed by atoms with Gasteiger partial charge in [-0.15, -0.1) is 0 Å². The Morgan fingerprint density at radius 2 is 2.29 bits per heavy atom. The van der Waals surface area contributed by atoms with Crippen molar-refractivity contribution >= 4 is 5.91 Å². The molecular formula is C13H17FN2O. The molecular weight excluding hydrogens is 219 g/mol. The van der Waals surface area contributed by atoms with E-state index in [4.69, 9.17) is 0 Å². The second kappa shape index (κ2) is 5.27. The SMILES string of the molecule is C[C@@H](NC(=O)[C@@H]1CCCN1)c1ccccc1F. The Bertz CT molecular complexity index is 402. The highest BCUT2D eigenvalue weighted by Gasteiger charge is 2.23. The lowest BCUT2D eigenvalue weighted by atomic mass is 10.1. The Morgan fingerprint density at radius 3 is 2.94 bits per heavy atom. The molecule has 1 aliphatic rings. The van der Waals surface area contributed by atoms with E-state index >= 15 is 0 Å². The van der Waals surface area contributed by atoms with E-state index in [-0.39, 0.29) is 23.8 Å². The van der Waals surface area contributed by atoms with Crippen LogP contribution in [0.4, 0.5) is 4.39 Å². The molecule has 1 saturated heterocycles. The topological polar surface area (TPSA) is 41.1 Å². The first-order valence-electron chi connectivity index (χ1n) is 5.96. The summed E-state index contributed by atoms with van der Waals surface area (Å²) in [5.41, 5.74) is 0.527. The van der Waals surface area contributed by atoms with Crippen molar-refractivity contribution in [2.24, 2.45) is 0 Å². The van der Waals surface area contributed by atoms with Crippen molar-refractivity contribution in [2.75, 3.05) is 6.54 Å². The predicted octanol–water partition coefficient (Wildman–Crippen LogP) is 1.75. The van der Waals surface area contributed by atoms with Crippen LogP contribution in [0.2, 0.25) is 0 Å². The molecule has 0 spiro atoms. The van der Waals surface area contributed by atoms with E-state index in [9.17, 15) is 9.18 Å². The molecule has 1 aliphatic heterocycles. The molecule has 1 fully saturated rings. The zero-order valence-electron chi connectivity index (χ0n) is 9.87. The Hall–Kier alpha value is -1.42. The normalized spacial score (nSPS) is 21.2. The summed E-state index contributed by atoms with van der Waals surface area (Å²) in [5.74, 6) is -0.321. The molecule has 3 nitrogen and oxygen atoms in total. The highest BCUT2D eigenvalue weighted by atomic mass is 19.1. The summed E-state index contributed by atoms with van der Waals surface area (Å²) in [7, 11) is 0. The Labute approximate surface area is 100 Å². The van der Waals surface area contributed by atoms with Crippen LogP contribution in [0, 0.1) is 5.82 Å². The highest BCUT2D eigenvalue weighted by molar-refractivity contribution is 5.82. The van der Waals surface area contributed by atoms with E-state index in [0.717, 1.165) is 19.4 Å². The molecule has 92 valence electrons. The number of carbonyl (C=O) groups is 1. The maximum atomic E-state index is 13.5. The quantitative estimate of drug-likeness (QED) is 0.839. The first-order chi connectivity index (χ1) is 8.18. The summed E-state index contributed by atoms with van der Waals surface area (Å²) >= 11 is 0. The van der Waals surface area contributed by atoms with E-state index in [0.29, 0.717) is 5.56 Å². The third-order valence-corrected chi connectivity index (χ3v) is 3.11. The van der Waals surface area contributed by atoms with Crippen molar-refractivity contribution < 1.29 is 9.18 Å². The number of carbonyl (C=O) groups excluding carboxylic acids is 1. The molecule has 1 amide bonds. The van der Waals surface area contributed by atoms with Crippen LogP contribution in [0.25, 0.3) is 0 Å². The van der Waals surface area contributed by atoms with Crippen molar-refractivity contribution in [3.8, 4) is 0 Å². The molecule has 0 saturated carbocycles. The maximum absolute atomic E-state index is 13.5. The molecule has 0 aromatic heterocycles. The van der Waals surface area contributed by atoms with Gasteiger partial charge >= 0.3 is 0 Å². The minimum Gasteiger partial charge on any atom is -0.348 e. The Balaban J connectivity index is 1.99. The number of amides is 1. The van der Waals surface area contributed by atoms with Crippen molar-refractivity contribution in [2.45, 2.75) is 31.8 Å². The van der Waals surface area contributed by atoms with Crippen LogP contribution in [-0.2, 0) is 4.79 Å².